The summed E-state index contributed by atoms with van der Waals surface area (Å²) < 4.78 is 20.9. The molecule has 2 heterocycles. The van der Waals surface area contributed by atoms with Crippen molar-refractivity contribution in [3.05, 3.63) is 0 Å². The number of ether oxygens (including phenoxy) is 4. The number of hydrogen-bond donors (Lipinski definition) is 7. The molecule has 12 heteroatoms. The molecule has 2 fully saturated rings. The molecule has 7 N–H and O–H groups in total. The van der Waals surface area contributed by atoms with E-state index < -0.39 is 80.6 Å². The van der Waals surface area contributed by atoms with Gasteiger partial charge in [-0.2, -0.15) is 0 Å². The molecule has 2 aliphatic rings. The van der Waals surface area contributed by atoms with Gasteiger partial charge in [-0.3, -0.25) is 4.79 Å². The predicted octanol–water partition coefficient (Wildman–Crippen LogP) is -3.80. The van der Waals surface area contributed by atoms with Crippen molar-refractivity contribution in [2.24, 2.45) is 5.92 Å². The third kappa shape index (κ3) is 5.41. The highest BCUT2D eigenvalue weighted by atomic mass is 16.8. The molecule has 11 atom stereocenters. The molecule has 0 bridgehead atoms. The molecule has 0 aromatic rings. The zero-order chi connectivity index (χ0) is 21.9. The van der Waals surface area contributed by atoms with Gasteiger partial charge in [-0.05, 0) is 6.42 Å². The Morgan fingerprint density at radius 3 is 1.83 bits per heavy atom. The SMILES string of the molecule is CCC(C)C(=O)OC[C@@H]1O[C@@H](O[C@@H]2O[C@@H](CO)[C@H](O)[C@@H](O)[C@@H]2O)[C@@H](O)[C@H](O)[C@H]1O. The Morgan fingerprint density at radius 1 is 0.862 bits per heavy atom. The van der Waals surface area contributed by atoms with Gasteiger partial charge in [0.05, 0.1) is 12.5 Å². The molecule has 2 aliphatic heterocycles. The minimum atomic E-state index is -1.76. The second kappa shape index (κ2) is 10.4. The Morgan fingerprint density at radius 2 is 1.34 bits per heavy atom. The maximum absolute atomic E-state index is 11.8. The lowest BCUT2D eigenvalue weighted by Gasteiger charge is -2.44. The zero-order valence-electron chi connectivity index (χ0n) is 16.1. The number of carbonyl (C=O) groups is 1. The molecule has 0 aromatic carbocycles. The van der Waals surface area contributed by atoms with Crippen LogP contribution in [0, 0.1) is 5.92 Å². The molecule has 12 nitrogen and oxygen atoms in total. The second-order valence-electron chi connectivity index (χ2n) is 7.29. The van der Waals surface area contributed by atoms with Gasteiger partial charge in [0.25, 0.3) is 0 Å². The van der Waals surface area contributed by atoms with Gasteiger partial charge in [0, 0.05) is 0 Å². The lowest BCUT2D eigenvalue weighted by atomic mass is 9.98. The van der Waals surface area contributed by atoms with Crippen molar-refractivity contribution in [3.8, 4) is 0 Å². The van der Waals surface area contributed by atoms with Crippen molar-refractivity contribution < 1.29 is 59.5 Å². The summed E-state index contributed by atoms with van der Waals surface area (Å²) in [7, 11) is 0. The highest BCUT2D eigenvalue weighted by Crippen LogP contribution is 2.28. The summed E-state index contributed by atoms with van der Waals surface area (Å²) in [6.07, 6.45) is -15.4. The van der Waals surface area contributed by atoms with Crippen LogP contribution in [0.5, 0.6) is 0 Å². The molecule has 2 saturated heterocycles. The van der Waals surface area contributed by atoms with Crippen LogP contribution in [0.3, 0.4) is 0 Å². The Labute approximate surface area is 167 Å². The minimum absolute atomic E-state index is 0.382. The smallest absolute Gasteiger partial charge is 0.308 e. The number of aliphatic hydroxyl groups is 7. The van der Waals surface area contributed by atoms with Crippen LogP contribution < -0.4 is 0 Å². The van der Waals surface area contributed by atoms with Crippen LogP contribution in [0.1, 0.15) is 20.3 Å². The van der Waals surface area contributed by atoms with Gasteiger partial charge in [-0.25, -0.2) is 0 Å². The first-order valence-electron chi connectivity index (χ1n) is 9.44. The Balaban J connectivity index is 2.04. The maximum Gasteiger partial charge on any atom is 0.308 e. The first-order chi connectivity index (χ1) is 13.6. The van der Waals surface area contributed by atoms with Crippen LogP contribution in [0.15, 0.2) is 0 Å². The van der Waals surface area contributed by atoms with Gasteiger partial charge >= 0.3 is 5.97 Å². The number of carbonyl (C=O) groups excluding carboxylic acids is 1. The van der Waals surface area contributed by atoms with Crippen LogP contribution in [-0.4, -0.2) is 116 Å². The number of aliphatic hydroxyl groups excluding tert-OH is 7. The molecule has 0 saturated carbocycles. The summed E-state index contributed by atoms with van der Waals surface area (Å²) in [6, 6.07) is 0. The van der Waals surface area contributed by atoms with Crippen molar-refractivity contribution in [2.45, 2.75) is 81.7 Å². The summed E-state index contributed by atoms with van der Waals surface area (Å²) >= 11 is 0. The average Bonchev–Trinajstić information content (AvgIpc) is 2.72. The summed E-state index contributed by atoms with van der Waals surface area (Å²) in [4.78, 5) is 11.8. The molecule has 0 amide bonds. The molecular formula is C17H30O12. The fourth-order valence-corrected chi connectivity index (χ4v) is 2.95. The van der Waals surface area contributed by atoms with Crippen LogP contribution in [0.4, 0.5) is 0 Å². The van der Waals surface area contributed by atoms with E-state index >= 15 is 0 Å². The Hall–Kier alpha value is -0.930. The fraction of sp³-hybridized carbons (Fsp3) is 0.941. The molecule has 29 heavy (non-hydrogen) atoms. The third-order valence-electron chi connectivity index (χ3n) is 5.19. The first-order valence-corrected chi connectivity index (χ1v) is 9.44. The van der Waals surface area contributed by atoms with Crippen molar-refractivity contribution in [3.63, 3.8) is 0 Å². The van der Waals surface area contributed by atoms with Gasteiger partial charge in [-0.1, -0.05) is 13.8 Å². The van der Waals surface area contributed by atoms with E-state index in [0.29, 0.717) is 6.42 Å². The molecule has 170 valence electrons. The van der Waals surface area contributed by atoms with E-state index in [0.717, 1.165) is 0 Å². The van der Waals surface area contributed by atoms with Crippen molar-refractivity contribution in [2.75, 3.05) is 13.2 Å². The van der Waals surface area contributed by atoms with Gasteiger partial charge in [0.1, 0.15) is 55.4 Å². The number of rotatable bonds is 7. The summed E-state index contributed by atoms with van der Waals surface area (Å²) in [5, 5.41) is 69.1. The number of esters is 1. The molecule has 0 radical (unpaired) electrons. The zero-order valence-corrected chi connectivity index (χ0v) is 16.1. The monoisotopic (exact) mass is 426 g/mol. The highest BCUT2D eigenvalue weighted by Gasteiger charge is 2.49. The maximum atomic E-state index is 11.8. The molecule has 1 unspecified atom stereocenters. The van der Waals surface area contributed by atoms with E-state index in [1.54, 1.807) is 13.8 Å². The van der Waals surface area contributed by atoms with Crippen LogP contribution in [-0.2, 0) is 23.7 Å². The Kier molecular flexibility index (Phi) is 8.72. The highest BCUT2D eigenvalue weighted by molar-refractivity contribution is 5.71. The van der Waals surface area contributed by atoms with E-state index in [9.17, 15) is 40.5 Å². The van der Waals surface area contributed by atoms with E-state index in [1.807, 2.05) is 0 Å². The van der Waals surface area contributed by atoms with E-state index in [1.165, 1.54) is 0 Å². The first kappa shape index (κ1) is 24.3. The van der Waals surface area contributed by atoms with Crippen molar-refractivity contribution >= 4 is 5.97 Å². The lowest BCUT2D eigenvalue weighted by molar-refractivity contribution is -0.376. The van der Waals surface area contributed by atoms with Crippen molar-refractivity contribution in [1.29, 1.82) is 0 Å². The van der Waals surface area contributed by atoms with Gasteiger partial charge in [0.2, 0.25) is 0 Å². The lowest BCUT2D eigenvalue weighted by Crippen LogP contribution is -2.63. The van der Waals surface area contributed by atoms with Crippen LogP contribution in [0.2, 0.25) is 0 Å². The standard InChI is InChI=1S/C17H30O12/c1-3-6(2)15(25)26-5-8-10(20)12(22)14(24)17(28-8)29-16-13(23)11(21)9(19)7(4-18)27-16/h6-14,16-24H,3-5H2,1-2H3/t6?,7-,8-,9-,10-,11+,12+,13-,14-,16-,17-/m0/s1. The quantitative estimate of drug-likeness (QED) is 0.196. The van der Waals surface area contributed by atoms with Crippen LogP contribution >= 0.6 is 0 Å². The summed E-state index contributed by atoms with van der Waals surface area (Å²) in [6.45, 7) is 2.34. The van der Waals surface area contributed by atoms with E-state index in [2.05, 4.69) is 0 Å². The normalized spacial score (nSPS) is 44.3. The molecule has 0 aliphatic carbocycles. The van der Waals surface area contributed by atoms with Gasteiger partial charge < -0.3 is 54.7 Å². The summed E-state index contributed by atoms with van der Waals surface area (Å²) in [5.74, 6) is -0.914. The molecule has 0 aromatic heterocycles. The largest absolute Gasteiger partial charge is 0.463 e. The van der Waals surface area contributed by atoms with Gasteiger partial charge in [0.15, 0.2) is 12.6 Å². The second-order valence-corrected chi connectivity index (χ2v) is 7.29. The van der Waals surface area contributed by atoms with E-state index in [4.69, 9.17) is 18.9 Å². The fourth-order valence-electron chi connectivity index (χ4n) is 2.95. The van der Waals surface area contributed by atoms with Gasteiger partial charge in [-0.15, -0.1) is 0 Å². The molecular weight excluding hydrogens is 396 g/mol. The topological polar surface area (TPSA) is 196 Å². The summed E-state index contributed by atoms with van der Waals surface area (Å²) in [5.41, 5.74) is 0. The Bertz CT molecular complexity index is 531. The molecule has 0 spiro atoms. The van der Waals surface area contributed by atoms with Crippen molar-refractivity contribution in [1.82, 2.24) is 0 Å². The van der Waals surface area contributed by atoms with E-state index in [-0.39, 0.29) is 5.92 Å². The average molecular weight is 426 g/mol. The number of hydrogen-bond acceptors (Lipinski definition) is 12. The predicted molar refractivity (Wildman–Crippen MR) is 91.9 cm³/mol. The molecule has 2 rings (SSSR count). The van der Waals surface area contributed by atoms with Crippen LogP contribution in [0.25, 0.3) is 0 Å². The third-order valence-corrected chi connectivity index (χ3v) is 5.19. The minimum Gasteiger partial charge on any atom is -0.463 e.